The lowest BCUT2D eigenvalue weighted by Crippen LogP contribution is -1.94. The Bertz CT molecular complexity index is 299. The zero-order valence-electron chi connectivity index (χ0n) is 8.19. The molecule has 1 radical (unpaired) electrons. The van der Waals surface area contributed by atoms with Gasteiger partial charge >= 0.3 is 0 Å². The van der Waals surface area contributed by atoms with Crippen molar-refractivity contribution >= 4 is 12.4 Å². The summed E-state index contributed by atoms with van der Waals surface area (Å²) in [6, 6.07) is 7.58. The van der Waals surface area contributed by atoms with Crippen LogP contribution in [0.4, 0.5) is 0 Å². The monoisotopic (exact) mass is 189 g/mol. The SMILES string of the molecule is CCCOc1ccc(/C=C/[C]=O)cc1. The maximum absolute atomic E-state index is 9.95. The second-order valence-corrected chi connectivity index (χ2v) is 2.87. The molecule has 1 rings (SSSR count). The summed E-state index contributed by atoms with van der Waals surface area (Å²) in [5.41, 5.74) is 0.970. The van der Waals surface area contributed by atoms with Crippen LogP contribution in [0.2, 0.25) is 0 Å². The summed E-state index contributed by atoms with van der Waals surface area (Å²) in [5.74, 6) is 0.860. The van der Waals surface area contributed by atoms with Crippen molar-refractivity contribution in [1.82, 2.24) is 0 Å². The van der Waals surface area contributed by atoms with Crippen LogP contribution < -0.4 is 4.74 Å². The van der Waals surface area contributed by atoms with E-state index in [2.05, 4.69) is 6.92 Å². The smallest absolute Gasteiger partial charge is 0.225 e. The molecular weight excluding hydrogens is 176 g/mol. The van der Waals surface area contributed by atoms with Gasteiger partial charge in [0.05, 0.1) is 6.61 Å². The van der Waals surface area contributed by atoms with Crippen molar-refractivity contribution < 1.29 is 9.53 Å². The molecule has 0 atom stereocenters. The van der Waals surface area contributed by atoms with Crippen LogP contribution in [0.3, 0.4) is 0 Å². The van der Waals surface area contributed by atoms with Gasteiger partial charge in [0.15, 0.2) is 0 Å². The van der Waals surface area contributed by atoms with E-state index in [4.69, 9.17) is 4.74 Å². The Labute approximate surface area is 84.2 Å². The third-order valence-electron chi connectivity index (χ3n) is 1.70. The largest absolute Gasteiger partial charge is 0.494 e. The van der Waals surface area contributed by atoms with Crippen molar-refractivity contribution in [2.75, 3.05) is 6.61 Å². The van der Waals surface area contributed by atoms with Gasteiger partial charge in [0.2, 0.25) is 6.29 Å². The maximum Gasteiger partial charge on any atom is 0.225 e. The van der Waals surface area contributed by atoms with Crippen LogP contribution in [0.5, 0.6) is 5.75 Å². The molecule has 0 aliphatic heterocycles. The molecule has 0 saturated heterocycles. The van der Waals surface area contributed by atoms with Crippen molar-refractivity contribution in [3.05, 3.63) is 35.9 Å². The van der Waals surface area contributed by atoms with Gasteiger partial charge in [-0.05, 0) is 30.2 Å². The normalized spacial score (nSPS) is 10.4. The van der Waals surface area contributed by atoms with Crippen molar-refractivity contribution in [3.63, 3.8) is 0 Å². The van der Waals surface area contributed by atoms with Crippen molar-refractivity contribution in [2.45, 2.75) is 13.3 Å². The lowest BCUT2D eigenvalue weighted by molar-refractivity contribution is 0.317. The van der Waals surface area contributed by atoms with Gasteiger partial charge in [-0.1, -0.05) is 25.1 Å². The first kappa shape index (κ1) is 10.5. The van der Waals surface area contributed by atoms with E-state index in [1.165, 1.54) is 6.08 Å². The molecular formula is C12H13O2. The minimum absolute atomic E-state index is 0.733. The summed E-state index contributed by atoms with van der Waals surface area (Å²) in [5, 5.41) is 0. The first-order chi connectivity index (χ1) is 6.86. The van der Waals surface area contributed by atoms with E-state index in [0.717, 1.165) is 24.3 Å². The van der Waals surface area contributed by atoms with E-state index in [1.807, 2.05) is 24.3 Å². The number of allylic oxidation sites excluding steroid dienone is 1. The van der Waals surface area contributed by atoms with Crippen molar-refractivity contribution in [3.8, 4) is 5.75 Å². The molecule has 0 bridgehead atoms. The molecule has 73 valence electrons. The highest BCUT2D eigenvalue weighted by Gasteiger charge is 1.91. The van der Waals surface area contributed by atoms with Crippen LogP contribution in [0, 0.1) is 0 Å². The number of hydrogen-bond acceptors (Lipinski definition) is 2. The predicted molar refractivity (Wildman–Crippen MR) is 57.0 cm³/mol. The highest BCUT2D eigenvalue weighted by molar-refractivity contribution is 5.74. The van der Waals surface area contributed by atoms with Gasteiger partial charge in [-0.2, -0.15) is 0 Å². The molecule has 0 aliphatic rings. The van der Waals surface area contributed by atoms with E-state index in [-0.39, 0.29) is 0 Å². The lowest BCUT2D eigenvalue weighted by atomic mass is 10.2. The topological polar surface area (TPSA) is 26.3 Å². The van der Waals surface area contributed by atoms with Gasteiger partial charge in [-0.15, -0.1) is 0 Å². The van der Waals surface area contributed by atoms with Crippen LogP contribution in [-0.4, -0.2) is 12.9 Å². The Hall–Kier alpha value is -1.57. The minimum Gasteiger partial charge on any atom is -0.494 e. The first-order valence-electron chi connectivity index (χ1n) is 4.64. The molecule has 0 spiro atoms. The number of rotatable bonds is 5. The third kappa shape index (κ3) is 3.44. The Morgan fingerprint density at radius 1 is 1.36 bits per heavy atom. The maximum atomic E-state index is 9.95. The highest BCUT2D eigenvalue weighted by atomic mass is 16.5. The van der Waals surface area contributed by atoms with Gasteiger partial charge in [-0.25, -0.2) is 0 Å². The van der Waals surface area contributed by atoms with Gasteiger partial charge < -0.3 is 4.74 Å². The van der Waals surface area contributed by atoms with E-state index < -0.39 is 0 Å². The second kappa shape index (κ2) is 5.97. The molecule has 0 aromatic heterocycles. The van der Waals surface area contributed by atoms with E-state index in [0.29, 0.717) is 0 Å². The predicted octanol–water partition coefficient (Wildman–Crippen LogP) is 2.60. The molecule has 0 fully saturated rings. The minimum atomic E-state index is 0.733. The summed E-state index contributed by atoms with van der Waals surface area (Å²) >= 11 is 0. The molecule has 0 amide bonds. The molecule has 0 heterocycles. The fraction of sp³-hybridized carbons (Fsp3) is 0.250. The van der Waals surface area contributed by atoms with Gasteiger partial charge in [0, 0.05) is 0 Å². The average Bonchev–Trinajstić information content (AvgIpc) is 2.25. The average molecular weight is 189 g/mol. The third-order valence-corrected chi connectivity index (χ3v) is 1.70. The Morgan fingerprint density at radius 3 is 2.64 bits per heavy atom. The summed E-state index contributed by atoms with van der Waals surface area (Å²) in [6.45, 7) is 2.80. The Balaban J connectivity index is 2.59. The molecule has 0 N–H and O–H groups in total. The van der Waals surface area contributed by atoms with Gasteiger partial charge in [0.1, 0.15) is 5.75 Å². The molecule has 1 aromatic rings. The van der Waals surface area contributed by atoms with Crippen LogP contribution in [0.25, 0.3) is 6.08 Å². The standard InChI is InChI=1S/C12H13O2/c1-2-10-14-12-7-5-11(6-8-12)4-3-9-13/h3-8H,2,10H2,1H3/b4-3+. The van der Waals surface area contributed by atoms with E-state index in [9.17, 15) is 4.79 Å². The fourth-order valence-electron chi connectivity index (χ4n) is 1.03. The fourth-order valence-corrected chi connectivity index (χ4v) is 1.03. The van der Waals surface area contributed by atoms with Gasteiger partial charge in [0.25, 0.3) is 0 Å². The number of benzene rings is 1. The van der Waals surface area contributed by atoms with Crippen LogP contribution in [0.15, 0.2) is 30.3 Å². The lowest BCUT2D eigenvalue weighted by Gasteiger charge is -2.03. The molecule has 14 heavy (non-hydrogen) atoms. The number of ether oxygens (including phenoxy) is 1. The number of carbonyl (C=O) groups excluding carboxylic acids is 1. The summed E-state index contributed by atoms with van der Waals surface area (Å²) in [7, 11) is 0. The van der Waals surface area contributed by atoms with Crippen LogP contribution in [0.1, 0.15) is 18.9 Å². The van der Waals surface area contributed by atoms with Crippen molar-refractivity contribution in [1.29, 1.82) is 0 Å². The number of hydrogen-bond donors (Lipinski definition) is 0. The second-order valence-electron chi connectivity index (χ2n) is 2.87. The summed E-state index contributed by atoms with van der Waals surface area (Å²) < 4.78 is 5.41. The molecule has 0 unspecified atom stereocenters. The Kier molecular flexibility index (Phi) is 4.48. The molecule has 0 aliphatic carbocycles. The molecule has 2 nitrogen and oxygen atoms in total. The van der Waals surface area contributed by atoms with Crippen LogP contribution >= 0.6 is 0 Å². The zero-order valence-corrected chi connectivity index (χ0v) is 8.19. The molecule has 0 saturated carbocycles. The van der Waals surface area contributed by atoms with E-state index in [1.54, 1.807) is 12.4 Å². The van der Waals surface area contributed by atoms with E-state index >= 15 is 0 Å². The zero-order chi connectivity index (χ0) is 10.2. The van der Waals surface area contributed by atoms with Gasteiger partial charge in [-0.3, -0.25) is 4.79 Å². The molecule has 2 heteroatoms. The van der Waals surface area contributed by atoms with Crippen molar-refractivity contribution in [2.24, 2.45) is 0 Å². The van der Waals surface area contributed by atoms with Crippen LogP contribution in [-0.2, 0) is 4.79 Å². The quantitative estimate of drug-likeness (QED) is 0.665. The highest BCUT2D eigenvalue weighted by Crippen LogP contribution is 2.13. The first-order valence-corrected chi connectivity index (χ1v) is 4.64. The summed E-state index contributed by atoms with van der Waals surface area (Å²) in [4.78, 5) is 9.95. The molecule has 1 aromatic carbocycles. The Morgan fingerprint density at radius 2 is 2.07 bits per heavy atom. The summed E-state index contributed by atoms with van der Waals surface area (Å²) in [6.07, 6.45) is 5.76.